The van der Waals surface area contributed by atoms with Gasteiger partial charge in [-0.05, 0) is 31.0 Å². The van der Waals surface area contributed by atoms with Gasteiger partial charge in [0.15, 0.2) is 0 Å². The van der Waals surface area contributed by atoms with Crippen molar-refractivity contribution in [1.82, 2.24) is 4.57 Å². The Bertz CT molecular complexity index is 526. The van der Waals surface area contributed by atoms with E-state index in [1.807, 2.05) is 20.0 Å². The largest absolute Gasteiger partial charge is 0.495 e. The van der Waals surface area contributed by atoms with Gasteiger partial charge in [0, 0.05) is 24.7 Å². The van der Waals surface area contributed by atoms with Gasteiger partial charge in [0.2, 0.25) is 0 Å². The van der Waals surface area contributed by atoms with Crippen LogP contribution in [-0.2, 0) is 7.05 Å². The minimum absolute atomic E-state index is 0.0366. The average Bonchev–Trinajstić information content (AvgIpc) is 2.59. The van der Waals surface area contributed by atoms with Gasteiger partial charge in [0.25, 0.3) is 0 Å². The summed E-state index contributed by atoms with van der Waals surface area (Å²) < 4.78 is 7.48. The summed E-state index contributed by atoms with van der Waals surface area (Å²) in [6.45, 7) is 4.11. The predicted molar refractivity (Wildman–Crippen MR) is 66.8 cm³/mol. The third-order valence-electron chi connectivity index (χ3n) is 3.03. The highest BCUT2D eigenvalue weighted by Gasteiger charge is 2.15. The van der Waals surface area contributed by atoms with E-state index < -0.39 is 0 Å². The summed E-state index contributed by atoms with van der Waals surface area (Å²) in [5.74, 6) is 0.898. The Morgan fingerprint density at radius 3 is 2.62 bits per heavy atom. The Balaban J connectivity index is 2.88. The molecule has 0 fully saturated rings. The maximum atomic E-state index is 6.00. The molecule has 0 bridgehead atoms. The molecule has 3 heteroatoms. The number of fused-ring (bicyclic) bond motifs is 1. The van der Waals surface area contributed by atoms with Gasteiger partial charge in [-0.3, -0.25) is 0 Å². The van der Waals surface area contributed by atoms with Crippen LogP contribution in [0.15, 0.2) is 18.3 Å². The van der Waals surface area contributed by atoms with Crippen LogP contribution in [0.1, 0.15) is 24.1 Å². The SMILES string of the molecule is COc1ccc(C)c2c(C(C)N)cn(C)c12. The third kappa shape index (κ3) is 1.48. The molecule has 1 heterocycles. The first-order valence-electron chi connectivity index (χ1n) is 5.44. The summed E-state index contributed by atoms with van der Waals surface area (Å²) in [7, 11) is 3.72. The first-order chi connectivity index (χ1) is 7.56. The van der Waals surface area contributed by atoms with Gasteiger partial charge in [-0.15, -0.1) is 0 Å². The molecule has 2 rings (SSSR count). The molecule has 1 aromatic heterocycles. The summed E-state index contributed by atoms with van der Waals surface area (Å²) >= 11 is 0. The number of benzene rings is 1. The Labute approximate surface area is 95.8 Å². The number of nitrogens with zero attached hydrogens (tertiary/aromatic N) is 1. The van der Waals surface area contributed by atoms with Gasteiger partial charge in [0.05, 0.1) is 12.6 Å². The minimum atomic E-state index is 0.0366. The molecule has 2 N–H and O–H groups in total. The molecule has 3 nitrogen and oxygen atoms in total. The van der Waals surface area contributed by atoms with Crippen LogP contribution in [0, 0.1) is 6.92 Å². The molecule has 0 aliphatic carbocycles. The van der Waals surface area contributed by atoms with Crippen molar-refractivity contribution in [2.24, 2.45) is 12.8 Å². The number of hydrogen-bond donors (Lipinski definition) is 1. The molecule has 0 aliphatic rings. The number of methoxy groups -OCH3 is 1. The summed E-state index contributed by atoms with van der Waals surface area (Å²) in [4.78, 5) is 0. The molecule has 1 aromatic carbocycles. The molecule has 1 atom stereocenters. The first kappa shape index (κ1) is 11.0. The van der Waals surface area contributed by atoms with Crippen LogP contribution in [-0.4, -0.2) is 11.7 Å². The number of ether oxygens (including phenoxy) is 1. The lowest BCUT2D eigenvalue weighted by molar-refractivity contribution is 0.418. The normalized spacial score (nSPS) is 13.1. The van der Waals surface area contributed by atoms with Gasteiger partial charge in [-0.1, -0.05) is 6.07 Å². The van der Waals surface area contributed by atoms with Crippen molar-refractivity contribution in [3.05, 3.63) is 29.5 Å². The number of aromatic nitrogens is 1. The molecule has 0 aliphatic heterocycles. The molecule has 0 spiro atoms. The third-order valence-corrected chi connectivity index (χ3v) is 3.03. The Hall–Kier alpha value is -1.48. The first-order valence-corrected chi connectivity index (χ1v) is 5.44. The van der Waals surface area contributed by atoms with Crippen LogP contribution in [0.25, 0.3) is 10.9 Å². The molecule has 0 saturated heterocycles. The van der Waals surface area contributed by atoms with E-state index in [1.54, 1.807) is 7.11 Å². The predicted octanol–water partition coefficient (Wildman–Crippen LogP) is 2.52. The molecule has 0 amide bonds. The highest BCUT2D eigenvalue weighted by Crippen LogP contribution is 2.33. The van der Waals surface area contributed by atoms with Gasteiger partial charge >= 0.3 is 0 Å². The van der Waals surface area contributed by atoms with Crippen molar-refractivity contribution >= 4 is 10.9 Å². The van der Waals surface area contributed by atoms with Gasteiger partial charge in [0.1, 0.15) is 5.75 Å². The molecule has 0 saturated carbocycles. The summed E-state index contributed by atoms with van der Waals surface area (Å²) in [5.41, 5.74) is 9.53. The Morgan fingerprint density at radius 1 is 1.38 bits per heavy atom. The van der Waals surface area contributed by atoms with Crippen LogP contribution >= 0.6 is 0 Å². The molecule has 1 unspecified atom stereocenters. The van der Waals surface area contributed by atoms with Crippen molar-refractivity contribution in [2.75, 3.05) is 7.11 Å². The molecule has 86 valence electrons. The van der Waals surface area contributed by atoms with Crippen molar-refractivity contribution in [2.45, 2.75) is 19.9 Å². The zero-order chi connectivity index (χ0) is 11.9. The summed E-state index contributed by atoms with van der Waals surface area (Å²) in [5, 5.41) is 1.22. The lowest BCUT2D eigenvalue weighted by Crippen LogP contribution is -2.04. The van der Waals surface area contributed by atoms with E-state index in [0.717, 1.165) is 11.3 Å². The quantitative estimate of drug-likeness (QED) is 0.841. The minimum Gasteiger partial charge on any atom is -0.495 e. The smallest absolute Gasteiger partial charge is 0.143 e. The number of nitrogens with two attached hydrogens (primary N) is 1. The van der Waals surface area contributed by atoms with Crippen LogP contribution < -0.4 is 10.5 Å². The fraction of sp³-hybridized carbons (Fsp3) is 0.385. The second-order valence-corrected chi connectivity index (χ2v) is 4.29. The van der Waals surface area contributed by atoms with Crippen molar-refractivity contribution in [3.8, 4) is 5.75 Å². The second kappa shape index (κ2) is 3.83. The molecule has 0 radical (unpaired) electrons. The fourth-order valence-electron chi connectivity index (χ4n) is 2.24. The van der Waals surface area contributed by atoms with Crippen molar-refractivity contribution in [3.63, 3.8) is 0 Å². The summed E-state index contributed by atoms with van der Waals surface area (Å²) in [6.07, 6.45) is 2.09. The van der Waals surface area contributed by atoms with E-state index in [4.69, 9.17) is 10.5 Å². The molecular formula is C13H18N2O. The zero-order valence-electron chi connectivity index (χ0n) is 10.2. The Kier molecular flexibility index (Phi) is 2.64. The number of hydrogen-bond acceptors (Lipinski definition) is 2. The summed E-state index contributed by atoms with van der Waals surface area (Å²) in [6, 6.07) is 4.12. The van der Waals surface area contributed by atoms with Crippen LogP contribution in [0.3, 0.4) is 0 Å². The molecule has 16 heavy (non-hydrogen) atoms. The van der Waals surface area contributed by atoms with E-state index >= 15 is 0 Å². The van der Waals surface area contributed by atoms with E-state index in [2.05, 4.69) is 23.8 Å². The highest BCUT2D eigenvalue weighted by molar-refractivity contribution is 5.92. The van der Waals surface area contributed by atoms with Gasteiger partial charge in [-0.25, -0.2) is 0 Å². The maximum absolute atomic E-state index is 6.00. The highest BCUT2D eigenvalue weighted by atomic mass is 16.5. The number of rotatable bonds is 2. The Morgan fingerprint density at radius 2 is 2.06 bits per heavy atom. The van der Waals surface area contributed by atoms with E-state index in [9.17, 15) is 0 Å². The van der Waals surface area contributed by atoms with E-state index in [1.165, 1.54) is 16.5 Å². The van der Waals surface area contributed by atoms with Crippen molar-refractivity contribution in [1.29, 1.82) is 0 Å². The average molecular weight is 218 g/mol. The van der Waals surface area contributed by atoms with Crippen LogP contribution in [0.2, 0.25) is 0 Å². The van der Waals surface area contributed by atoms with Crippen LogP contribution in [0.4, 0.5) is 0 Å². The zero-order valence-corrected chi connectivity index (χ0v) is 10.2. The van der Waals surface area contributed by atoms with Crippen molar-refractivity contribution < 1.29 is 4.74 Å². The van der Waals surface area contributed by atoms with E-state index in [-0.39, 0.29) is 6.04 Å². The standard InChI is InChI=1S/C13H18N2O/c1-8-5-6-11(16-4)13-12(8)10(9(2)14)7-15(13)3/h5-7,9H,14H2,1-4H3. The van der Waals surface area contributed by atoms with Gasteiger partial charge < -0.3 is 15.0 Å². The molecular weight excluding hydrogens is 200 g/mol. The lowest BCUT2D eigenvalue weighted by Gasteiger charge is -2.08. The van der Waals surface area contributed by atoms with Crippen LogP contribution in [0.5, 0.6) is 5.75 Å². The maximum Gasteiger partial charge on any atom is 0.143 e. The number of aryl methyl sites for hydroxylation is 2. The monoisotopic (exact) mass is 218 g/mol. The second-order valence-electron chi connectivity index (χ2n) is 4.29. The fourth-order valence-corrected chi connectivity index (χ4v) is 2.24. The van der Waals surface area contributed by atoms with Gasteiger partial charge in [-0.2, -0.15) is 0 Å². The lowest BCUT2D eigenvalue weighted by atomic mass is 10.0. The van der Waals surface area contributed by atoms with E-state index in [0.29, 0.717) is 0 Å². The molecule has 2 aromatic rings. The topological polar surface area (TPSA) is 40.2 Å².